The Balaban J connectivity index is 2.02. The molecule has 1 unspecified atom stereocenters. The SMILES string of the molecule is Cc1cc(NC(=O)NC(C)c2cccc(C(F)(F)F)c2)no1. The van der Waals surface area contributed by atoms with Gasteiger partial charge in [0.05, 0.1) is 11.6 Å². The van der Waals surface area contributed by atoms with Crippen molar-refractivity contribution in [1.29, 1.82) is 0 Å². The second kappa shape index (κ2) is 6.08. The normalized spacial score (nSPS) is 12.8. The van der Waals surface area contributed by atoms with Crippen LogP contribution in [0.5, 0.6) is 0 Å². The van der Waals surface area contributed by atoms with E-state index in [0.29, 0.717) is 11.3 Å². The third kappa shape index (κ3) is 4.00. The number of aryl methyl sites for hydroxylation is 1. The Bertz CT molecular complexity index is 667. The van der Waals surface area contributed by atoms with Crippen molar-refractivity contribution in [2.24, 2.45) is 0 Å². The zero-order valence-electron chi connectivity index (χ0n) is 11.9. The maximum Gasteiger partial charge on any atom is 0.416 e. The van der Waals surface area contributed by atoms with Gasteiger partial charge in [-0.3, -0.25) is 5.32 Å². The summed E-state index contributed by atoms with van der Waals surface area (Å²) in [6.07, 6.45) is -4.42. The predicted octanol–water partition coefficient (Wildman–Crippen LogP) is 3.88. The monoisotopic (exact) mass is 313 g/mol. The van der Waals surface area contributed by atoms with Gasteiger partial charge in [-0.25, -0.2) is 4.79 Å². The van der Waals surface area contributed by atoms with Crippen LogP contribution in [-0.4, -0.2) is 11.2 Å². The molecular formula is C14H14F3N3O2. The van der Waals surface area contributed by atoms with E-state index in [0.717, 1.165) is 12.1 Å². The lowest BCUT2D eigenvalue weighted by molar-refractivity contribution is -0.137. The number of carbonyl (C=O) groups is 1. The predicted molar refractivity (Wildman–Crippen MR) is 73.3 cm³/mol. The van der Waals surface area contributed by atoms with Gasteiger partial charge >= 0.3 is 12.2 Å². The summed E-state index contributed by atoms with van der Waals surface area (Å²) in [4.78, 5) is 11.8. The van der Waals surface area contributed by atoms with E-state index in [-0.39, 0.29) is 5.82 Å². The maximum atomic E-state index is 12.7. The van der Waals surface area contributed by atoms with Gasteiger partial charge in [0.25, 0.3) is 0 Å². The van der Waals surface area contributed by atoms with Crippen LogP contribution in [0, 0.1) is 6.92 Å². The second-order valence-electron chi connectivity index (χ2n) is 4.77. The number of hydrogen-bond acceptors (Lipinski definition) is 3. The fraction of sp³-hybridized carbons (Fsp3) is 0.286. The third-order valence-electron chi connectivity index (χ3n) is 2.93. The molecule has 5 nitrogen and oxygen atoms in total. The van der Waals surface area contributed by atoms with Crippen LogP contribution in [0.1, 0.15) is 29.9 Å². The highest BCUT2D eigenvalue weighted by molar-refractivity contribution is 5.88. The first-order chi connectivity index (χ1) is 10.3. The number of amides is 2. The number of aromatic nitrogens is 1. The number of carbonyl (C=O) groups excluding carboxylic acids is 1. The molecule has 2 aromatic rings. The van der Waals surface area contributed by atoms with Crippen molar-refractivity contribution >= 4 is 11.8 Å². The molecule has 1 heterocycles. The smallest absolute Gasteiger partial charge is 0.360 e. The van der Waals surface area contributed by atoms with E-state index in [2.05, 4.69) is 15.8 Å². The molecule has 118 valence electrons. The largest absolute Gasteiger partial charge is 0.416 e. The summed E-state index contributed by atoms with van der Waals surface area (Å²) < 4.78 is 42.8. The molecule has 0 aliphatic rings. The summed E-state index contributed by atoms with van der Waals surface area (Å²) in [7, 11) is 0. The van der Waals surface area contributed by atoms with Crippen molar-refractivity contribution in [2.45, 2.75) is 26.1 Å². The number of rotatable bonds is 3. The highest BCUT2D eigenvalue weighted by Gasteiger charge is 2.30. The van der Waals surface area contributed by atoms with E-state index in [1.165, 1.54) is 18.2 Å². The Labute approximate surface area is 124 Å². The Morgan fingerprint density at radius 1 is 1.32 bits per heavy atom. The minimum absolute atomic E-state index is 0.228. The molecule has 0 radical (unpaired) electrons. The number of benzene rings is 1. The topological polar surface area (TPSA) is 67.2 Å². The lowest BCUT2D eigenvalue weighted by Crippen LogP contribution is -2.31. The number of anilines is 1. The van der Waals surface area contributed by atoms with Crippen LogP contribution in [0.4, 0.5) is 23.8 Å². The molecule has 1 aromatic heterocycles. The van der Waals surface area contributed by atoms with Crippen molar-refractivity contribution in [3.8, 4) is 0 Å². The first-order valence-electron chi connectivity index (χ1n) is 6.43. The maximum absolute atomic E-state index is 12.7. The van der Waals surface area contributed by atoms with Gasteiger partial charge in [-0.1, -0.05) is 17.3 Å². The molecule has 2 rings (SSSR count). The average molecular weight is 313 g/mol. The molecule has 22 heavy (non-hydrogen) atoms. The van der Waals surface area contributed by atoms with Crippen LogP contribution in [0.15, 0.2) is 34.9 Å². The minimum atomic E-state index is -4.42. The van der Waals surface area contributed by atoms with Crippen molar-refractivity contribution in [2.75, 3.05) is 5.32 Å². The summed E-state index contributed by atoms with van der Waals surface area (Å²) >= 11 is 0. The molecule has 2 N–H and O–H groups in total. The molecule has 8 heteroatoms. The molecule has 0 bridgehead atoms. The van der Waals surface area contributed by atoms with Crippen molar-refractivity contribution in [3.05, 3.63) is 47.2 Å². The van der Waals surface area contributed by atoms with Crippen LogP contribution in [-0.2, 0) is 6.18 Å². The van der Waals surface area contributed by atoms with E-state index >= 15 is 0 Å². The Morgan fingerprint density at radius 2 is 2.05 bits per heavy atom. The van der Waals surface area contributed by atoms with E-state index in [9.17, 15) is 18.0 Å². The number of nitrogens with zero attached hydrogens (tertiary/aromatic N) is 1. The fourth-order valence-electron chi connectivity index (χ4n) is 1.84. The van der Waals surface area contributed by atoms with Gasteiger partial charge in [-0.15, -0.1) is 0 Å². The molecule has 0 saturated carbocycles. The van der Waals surface area contributed by atoms with Gasteiger partial charge in [0.15, 0.2) is 5.82 Å². The van der Waals surface area contributed by atoms with Gasteiger partial charge in [0.1, 0.15) is 5.76 Å². The van der Waals surface area contributed by atoms with Crippen LogP contribution in [0.25, 0.3) is 0 Å². The molecule has 2 amide bonds. The first kappa shape index (κ1) is 15.9. The van der Waals surface area contributed by atoms with Gasteiger partial charge in [0.2, 0.25) is 0 Å². The summed E-state index contributed by atoms with van der Waals surface area (Å²) in [5, 5.41) is 8.55. The lowest BCUT2D eigenvalue weighted by atomic mass is 10.1. The van der Waals surface area contributed by atoms with E-state index < -0.39 is 23.8 Å². The van der Waals surface area contributed by atoms with Crippen LogP contribution in [0.2, 0.25) is 0 Å². The van der Waals surface area contributed by atoms with Gasteiger partial charge < -0.3 is 9.84 Å². The molecule has 0 aliphatic carbocycles. The van der Waals surface area contributed by atoms with Crippen molar-refractivity contribution in [1.82, 2.24) is 10.5 Å². The van der Waals surface area contributed by atoms with Crippen LogP contribution >= 0.6 is 0 Å². The highest BCUT2D eigenvalue weighted by atomic mass is 19.4. The summed E-state index contributed by atoms with van der Waals surface area (Å²) in [5.41, 5.74) is -0.410. The number of halogens is 3. The first-order valence-corrected chi connectivity index (χ1v) is 6.43. The standard InChI is InChI=1S/C14H14F3N3O2/c1-8-6-12(20-22-8)19-13(21)18-9(2)10-4-3-5-11(7-10)14(15,16)17/h3-7,9H,1-2H3,(H2,18,19,20,21). The zero-order chi connectivity index (χ0) is 16.3. The van der Waals surface area contributed by atoms with Gasteiger partial charge in [0, 0.05) is 6.07 Å². The lowest BCUT2D eigenvalue weighted by Gasteiger charge is -2.16. The fourth-order valence-corrected chi connectivity index (χ4v) is 1.84. The van der Waals surface area contributed by atoms with Crippen LogP contribution < -0.4 is 10.6 Å². The van der Waals surface area contributed by atoms with E-state index in [1.807, 2.05) is 0 Å². The van der Waals surface area contributed by atoms with Gasteiger partial charge in [-0.05, 0) is 31.5 Å². The Hall–Kier alpha value is -2.51. The summed E-state index contributed by atoms with van der Waals surface area (Å²) in [6, 6.07) is 5.14. The molecule has 0 spiro atoms. The van der Waals surface area contributed by atoms with Crippen molar-refractivity contribution in [3.63, 3.8) is 0 Å². The third-order valence-corrected chi connectivity index (χ3v) is 2.93. The Kier molecular flexibility index (Phi) is 4.39. The van der Waals surface area contributed by atoms with E-state index in [4.69, 9.17) is 4.52 Å². The highest BCUT2D eigenvalue weighted by Crippen LogP contribution is 2.30. The Morgan fingerprint density at radius 3 is 2.64 bits per heavy atom. The molecule has 1 atom stereocenters. The number of nitrogens with one attached hydrogen (secondary N) is 2. The number of alkyl halides is 3. The summed E-state index contributed by atoms with van der Waals surface area (Å²) in [6.45, 7) is 3.25. The molecule has 1 aromatic carbocycles. The van der Waals surface area contributed by atoms with Crippen LogP contribution in [0.3, 0.4) is 0 Å². The van der Waals surface area contributed by atoms with Gasteiger partial charge in [-0.2, -0.15) is 13.2 Å². The zero-order valence-corrected chi connectivity index (χ0v) is 11.9. The number of urea groups is 1. The quantitative estimate of drug-likeness (QED) is 0.903. The average Bonchev–Trinajstić information content (AvgIpc) is 2.83. The molecule has 0 aliphatic heterocycles. The van der Waals surface area contributed by atoms with Crippen molar-refractivity contribution < 1.29 is 22.5 Å². The second-order valence-corrected chi connectivity index (χ2v) is 4.77. The minimum Gasteiger partial charge on any atom is -0.360 e. The molecule has 0 fully saturated rings. The number of hydrogen-bond donors (Lipinski definition) is 2. The van der Waals surface area contributed by atoms with E-state index in [1.54, 1.807) is 13.8 Å². The summed E-state index contributed by atoms with van der Waals surface area (Å²) in [5.74, 6) is 0.757. The molecular weight excluding hydrogens is 299 g/mol. The molecule has 0 saturated heterocycles.